The summed E-state index contributed by atoms with van der Waals surface area (Å²) in [4.78, 5) is 0. The number of hydroxylamine groups is 1. The van der Waals surface area contributed by atoms with Crippen molar-refractivity contribution in [1.82, 2.24) is 0 Å². The van der Waals surface area contributed by atoms with Crippen LogP contribution in [-0.4, -0.2) is 24.9 Å². The molecule has 1 aromatic carbocycles. The average molecular weight is 194 g/mol. The van der Waals surface area contributed by atoms with Crippen molar-refractivity contribution < 1.29 is 9.94 Å². The minimum Gasteiger partial charge on any atom is -0.497 e. The maximum absolute atomic E-state index is 9.65. The van der Waals surface area contributed by atoms with Gasteiger partial charge in [-0.3, -0.25) is 10.3 Å². The number of nitrogens with zero attached hydrogens (tertiary/aromatic N) is 1. The normalized spacial score (nSPS) is 20.5. The van der Waals surface area contributed by atoms with Gasteiger partial charge in [-0.1, -0.05) is 6.07 Å². The lowest BCUT2D eigenvalue weighted by atomic mass is 10.00. The van der Waals surface area contributed by atoms with Crippen LogP contribution in [0.25, 0.3) is 0 Å². The van der Waals surface area contributed by atoms with Gasteiger partial charge in [0, 0.05) is 12.1 Å². The predicted molar refractivity (Wildman–Crippen MR) is 53.8 cm³/mol. The van der Waals surface area contributed by atoms with E-state index in [1.807, 2.05) is 18.2 Å². The fourth-order valence-corrected chi connectivity index (χ4v) is 1.75. The van der Waals surface area contributed by atoms with E-state index in [0.717, 1.165) is 23.4 Å². The first-order valence-electron chi connectivity index (χ1n) is 4.59. The molecule has 0 amide bonds. The molecule has 0 aliphatic carbocycles. The summed E-state index contributed by atoms with van der Waals surface area (Å²) < 4.78 is 5.09. The monoisotopic (exact) mass is 194 g/mol. The Morgan fingerprint density at radius 1 is 1.57 bits per heavy atom. The predicted octanol–water partition coefficient (Wildman–Crippen LogP) is 0.774. The number of ether oxygens (including phenoxy) is 1. The van der Waals surface area contributed by atoms with Gasteiger partial charge in [-0.2, -0.15) is 0 Å². The molecule has 0 saturated heterocycles. The fraction of sp³-hybridized carbons (Fsp3) is 0.400. The molecule has 0 saturated carbocycles. The number of methoxy groups -OCH3 is 1. The zero-order chi connectivity index (χ0) is 10.1. The van der Waals surface area contributed by atoms with E-state index in [-0.39, 0.29) is 6.04 Å². The summed E-state index contributed by atoms with van der Waals surface area (Å²) in [5.74, 6) is 0.748. The van der Waals surface area contributed by atoms with Crippen LogP contribution in [0.15, 0.2) is 18.2 Å². The molecule has 0 aromatic heterocycles. The summed E-state index contributed by atoms with van der Waals surface area (Å²) >= 11 is 0. The number of hydrogen-bond donors (Lipinski definition) is 2. The Morgan fingerprint density at radius 2 is 2.36 bits per heavy atom. The SMILES string of the molecule is COc1ccc2c(c1)N(O)C[C@H](N)C2. The van der Waals surface area contributed by atoms with Gasteiger partial charge in [0.2, 0.25) is 0 Å². The molecule has 0 unspecified atom stereocenters. The third-order valence-electron chi connectivity index (χ3n) is 2.46. The standard InChI is InChI=1S/C10H14N2O2/c1-14-9-3-2-7-4-8(11)6-12(13)10(7)5-9/h2-3,5,8,13H,4,6,11H2,1H3/t8-/m1/s1. The van der Waals surface area contributed by atoms with Gasteiger partial charge in [0.15, 0.2) is 0 Å². The first-order chi connectivity index (χ1) is 6.70. The molecular formula is C10H14N2O2. The van der Waals surface area contributed by atoms with Gasteiger partial charge in [0.05, 0.1) is 19.3 Å². The van der Waals surface area contributed by atoms with Crippen molar-refractivity contribution >= 4 is 5.69 Å². The molecular weight excluding hydrogens is 180 g/mol. The highest BCUT2D eigenvalue weighted by molar-refractivity contribution is 5.57. The number of fused-ring (bicyclic) bond motifs is 1. The van der Waals surface area contributed by atoms with E-state index in [1.165, 1.54) is 5.06 Å². The van der Waals surface area contributed by atoms with E-state index >= 15 is 0 Å². The van der Waals surface area contributed by atoms with Crippen molar-refractivity contribution in [3.8, 4) is 5.75 Å². The van der Waals surface area contributed by atoms with E-state index in [2.05, 4.69) is 0 Å². The Balaban J connectivity index is 2.39. The molecule has 2 rings (SSSR count). The number of benzene rings is 1. The Hall–Kier alpha value is -1.26. The van der Waals surface area contributed by atoms with Crippen molar-refractivity contribution in [2.75, 3.05) is 18.7 Å². The maximum atomic E-state index is 9.65. The van der Waals surface area contributed by atoms with Crippen LogP contribution < -0.4 is 15.5 Å². The Morgan fingerprint density at radius 3 is 3.07 bits per heavy atom. The molecule has 0 bridgehead atoms. The third kappa shape index (κ3) is 1.54. The smallest absolute Gasteiger partial charge is 0.121 e. The zero-order valence-corrected chi connectivity index (χ0v) is 8.10. The van der Waals surface area contributed by atoms with Crippen LogP contribution in [-0.2, 0) is 6.42 Å². The van der Waals surface area contributed by atoms with E-state index in [4.69, 9.17) is 10.5 Å². The first kappa shape index (κ1) is 9.30. The molecule has 4 heteroatoms. The van der Waals surface area contributed by atoms with Crippen molar-refractivity contribution in [3.05, 3.63) is 23.8 Å². The highest BCUT2D eigenvalue weighted by atomic mass is 16.5. The van der Waals surface area contributed by atoms with Gasteiger partial charge < -0.3 is 10.5 Å². The lowest BCUT2D eigenvalue weighted by Gasteiger charge is -2.29. The Labute approximate surface area is 82.8 Å². The van der Waals surface area contributed by atoms with E-state index < -0.39 is 0 Å². The van der Waals surface area contributed by atoms with Crippen LogP contribution in [0.3, 0.4) is 0 Å². The van der Waals surface area contributed by atoms with E-state index in [1.54, 1.807) is 7.11 Å². The molecule has 1 heterocycles. The molecule has 1 aliphatic rings. The minimum atomic E-state index is 0.000829. The molecule has 4 nitrogen and oxygen atoms in total. The maximum Gasteiger partial charge on any atom is 0.121 e. The zero-order valence-electron chi connectivity index (χ0n) is 8.10. The number of nitrogens with two attached hydrogens (primary N) is 1. The second-order valence-electron chi connectivity index (χ2n) is 3.54. The molecule has 0 radical (unpaired) electrons. The van der Waals surface area contributed by atoms with E-state index in [9.17, 15) is 5.21 Å². The molecule has 14 heavy (non-hydrogen) atoms. The van der Waals surface area contributed by atoms with Gasteiger partial charge in [-0.15, -0.1) is 0 Å². The van der Waals surface area contributed by atoms with Crippen molar-refractivity contribution in [1.29, 1.82) is 0 Å². The minimum absolute atomic E-state index is 0.000829. The molecule has 3 N–H and O–H groups in total. The topological polar surface area (TPSA) is 58.7 Å². The second kappa shape index (κ2) is 3.48. The molecule has 0 fully saturated rings. The van der Waals surface area contributed by atoms with Crippen molar-refractivity contribution in [2.45, 2.75) is 12.5 Å². The van der Waals surface area contributed by atoms with Gasteiger partial charge in [0.1, 0.15) is 5.75 Å². The third-order valence-corrected chi connectivity index (χ3v) is 2.46. The van der Waals surface area contributed by atoms with Gasteiger partial charge in [0.25, 0.3) is 0 Å². The first-order valence-corrected chi connectivity index (χ1v) is 4.59. The van der Waals surface area contributed by atoms with Crippen LogP contribution >= 0.6 is 0 Å². The van der Waals surface area contributed by atoms with Crippen LogP contribution in [0.4, 0.5) is 5.69 Å². The largest absolute Gasteiger partial charge is 0.497 e. The lowest BCUT2D eigenvalue weighted by Crippen LogP contribution is -2.41. The number of anilines is 1. The molecule has 1 atom stereocenters. The molecule has 76 valence electrons. The average Bonchev–Trinajstić information content (AvgIpc) is 2.17. The lowest BCUT2D eigenvalue weighted by molar-refractivity contribution is 0.238. The Kier molecular flexibility index (Phi) is 2.31. The summed E-state index contributed by atoms with van der Waals surface area (Å²) in [5.41, 5.74) is 7.64. The summed E-state index contributed by atoms with van der Waals surface area (Å²) in [6.07, 6.45) is 0.802. The van der Waals surface area contributed by atoms with Crippen LogP contribution in [0.5, 0.6) is 5.75 Å². The molecule has 0 spiro atoms. The van der Waals surface area contributed by atoms with Crippen LogP contribution in [0.2, 0.25) is 0 Å². The fourth-order valence-electron chi connectivity index (χ4n) is 1.75. The summed E-state index contributed by atoms with van der Waals surface area (Å²) in [6.45, 7) is 0.472. The quantitative estimate of drug-likeness (QED) is 0.693. The van der Waals surface area contributed by atoms with Gasteiger partial charge in [-0.05, 0) is 18.1 Å². The van der Waals surface area contributed by atoms with Crippen molar-refractivity contribution in [2.24, 2.45) is 5.73 Å². The van der Waals surface area contributed by atoms with Gasteiger partial charge in [-0.25, -0.2) is 0 Å². The Bertz CT molecular complexity index is 341. The summed E-state index contributed by atoms with van der Waals surface area (Å²) in [6, 6.07) is 5.64. The molecule has 1 aliphatic heterocycles. The summed E-state index contributed by atoms with van der Waals surface area (Å²) in [7, 11) is 1.61. The highest BCUT2D eigenvalue weighted by Gasteiger charge is 2.21. The van der Waals surface area contributed by atoms with Crippen molar-refractivity contribution in [3.63, 3.8) is 0 Å². The van der Waals surface area contributed by atoms with Crippen LogP contribution in [0, 0.1) is 0 Å². The van der Waals surface area contributed by atoms with E-state index in [0.29, 0.717) is 6.54 Å². The highest BCUT2D eigenvalue weighted by Crippen LogP contribution is 2.29. The van der Waals surface area contributed by atoms with Gasteiger partial charge >= 0.3 is 0 Å². The molecule has 1 aromatic rings. The number of hydrogen-bond acceptors (Lipinski definition) is 4. The summed E-state index contributed by atoms with van der Waals surface area (Å²) in [5, 5.41) is 10.8. The number of rotatable bonds is 1. The van der Waals surface area contributed by atoms with Crippen LogP contribution in [0.1, 0.15) is 5.56 Å². The second-order valence-corrected chi connectivity index (χ2v) is 3.54.